The minimum Gasteiger partial charge on any atom is -0.311 e. The SMILES string of the molecule is CCCC1CNC(C(C)(C)C)CN1Cc1csc(C)n1. The molecular weight excluding hydrogens is 266 g/mol. The van der Waals surface area contributed by atoms with E-state index in [0.717, 1.165) is 19.6 Å². The fraction of sp³-hybridized carbons (Fsp3) is 0.812. The molecule has 1 aromatic rings. The van der Waals surface area contributed by atoms with Gasteiger partial charge in [0.05, 0.1) is 10.7 Å². The summed E-state index contributed by atoms with van der Waals surface area (Å²) in [6.07, 6.45) is 2.52. The summed E-state index contributed by atoms with van der Waals surface area (Å²) in [6, 6.07) is 1.22. The molecule has 3 nitrogen and oxygen atoms in total. The maximum absolute atomic E-state index is 4.64. The summed E-state index contributed by atoms with van der Waals surface area (Å²) in [7, 11) is 0. The van der Waals surface area contributed by atoms with Gasteiger partial charge in [-0.15, -0.1) is 11.3 Å². The summed E-state index contributed by atoms with van der Waals surface area (Å²) in [5.74, 6) is 0. The Morgan fingerprint density at radius 3 is 2.75 bits per heavy atom. The molecule has 1 N–H and O–H groups in total. The molecule has 1 aliphatic rings. The molecule has 1 fully saturated rings. The Morgan fingerprint density at radius 1 is 1.45 bits per heavy atom. The average molecular weight is 295 g/mol. The largest absolute Gasteiger partial charge is 0.311 e. The minimum atomic E-state index is 0.313. The first-order chi connectivity index (χ1) is 9.40. The Hall–Kier alpha value is -0.450. The lowest BCUT2D eigenvalue weighted by atomic mass is 9.84. The fourth-order valence-electron chi connectivity index (χ4n) is 2.94. The summed E-state index contributed by atoms with van der Waals surface area (Å²) in [6.45, 7) is 14.6. The lowest BCUT2D eigenvalue weighted by Crippen LogP contribution is -2.59. The van der Waals surface area contributed by atoms with E-state index >= 15 is 0 Å². The van der Waals surface area contributed by atoms with Crippen molar-refractivity contribution < 1.29 is 0 Å². The van der Waals surface area contributed by atoms with Gasteiger partial charge in [0, 0.05) is 37.1 Å². The molecule has 20 heavy (non-hydrogen) atoms. The van der Waals surface area contributed by atoms with Crippen molar-refractivity contribution in [3.8, 4) is 0 Å². The van der Waals surface area contributed by atoms with Gasteiger partial charge in [-0.3, -0.25) is 4.90 Å². The van der Waals surface area contributed by atoms with Crippen LogP contribution in [-0.2, 0) is 6.54 Å². The predicted molar refractivity (Wildman–Crippen MR) is 87.2 cm³/mol. The highest BCUT2D eigenvalue weighted by Crippen LogP contribution is 2.26. The van der Waals surface area contributed by atoms with Crippen LogP contribution >= 0.6 is 11.3 Å². The third-order valence-corrected chi connectivity index (χ3v) is 5.05. The molecule has 4 heteroatoms. The van der Waals surface area contributed by atoms with Gasteiger partial charge in [-0.2, -0.15) is 0 Å². The molecule has 0 saturated carbocycles. The number of thiazole rings is 1. The number of hydrogen-bond acceptors (Lipinski definition) is 4. The molecule has 1 saturated heterocycles. The molecule has 2 heterocycles. The molecule has 1 aromatic heterocycles. The second-order valence-electron chi connectivity index (χ2n) is 7.06. The zero-order valence-electron chi connectivity index (χ0n) is 13.6. The Balaban J connectivity index is 2.06. The molecule has 2 rings (SSSR count). The van der Waals surface area contributed by atoms with Crippen molar-refractivity contribution >= 4 is 11.3 Å². The van der Waals surface area contributed by atoms with Gasteiger partial charge < -0.3 is 5.32 Å². The van der Waals surface area contributed by atoms with Crippen LogP contribution in [0.4, 0.5) is 0 Å². The van der Waals surface area contributed by atoms with E-state index in [-0.39, 0.29) is 0 Å². The van der Waals surface area contributed by atoms with Crippen LogP contribution in [0.3, 0.4) is 0 Å². The Bertz CT molecular complexity index is 422. The summed E-state index contributed by atoms with van der Waals surface area (Å²) in [5.41, 5.74) is 1.55. The van der Waals surface area contributed by atoms with Gasteiger partial charge in [0.1, 0.15) is 0 Å². The summed E-state index contributed by atoms with van der Waals surface area (Å²) in [4.78, 5) is 7.29. The predicted octanol–water partition coefficient (Wildman–Crippen LogP) is 3.44. The molecule has 0 bridgehead atoms. The van der Waals surface area contributed by atoms with Gasteiger partial charge >= 0.3 is 0 Å². The van der Waals surface area contributed by atoms with Crippen LogP contribution in [-0.4, -0.2) is 35.1 Å². The van der Waals surface area contributed by atoms with E-state index < -0.39 is 0 Å². The maximum Gasteiger partial charge on any atom is 0.0897 e. The number of aryl methyl sites for hydroxylation is 1. The number of nitrogens with zero attached hydrogens (tertiary/aromatic N) is 2. The highest BCUT2D eigenvalue weighted by atomic mass is 32.1. The van der Waals surface area contributed by atoms with Gasteiger partial charge in [0.15, 0.2) is 0 Å². The molecule has 2 atom stereocenters. The molecule has 0 amide bonds. The first kappa shape index (κ1) is 15.9. The second-order valence-corrected chi connectivity index (χ2v) is 8.12. The topological polar surface area (TPSA) is 28.2 Å². The summed E-state index contributed by atoms with van der Waals surface area (Å²) >= 11 is 1.76. The van der Waals surface area contributed by atoms with Crippen LogP contribution in [0.5, 0.6) is 0 Å². The van der Waals surface area contributed by atoms with Crippen molar-refractivity contribution in [3.63, 3.8) is 0 Å². The Morgan fingerprint density at radius 2 is 2.20 bits per heavy atom. The van der Waals surface area contributed by atoms with Gasteiger partial charge in [0.2, 0.25) is 0 Å². The minimum absolute atomic E-state index is 0.313. The van der Waals surface area contributed by atoms with Crippen LogP contribution in [0, 0.1) is 12.3 Å². The highest BCUT2D eigenvalue weighted by Gasteiger charge is 2.33. The van der Waals surface area contributed by atoms with Crippen molar-refractivity contribution in [1.82, 2.24) is 15.2 Å². The van der Waals surface area contributed by atoms with Crippen molar-refractivity contribution in [2.45, 2.75) is 66.1 Å². The third-order valence-electron chi connectivity index (χ3n) is 4.23. The van der Waals surface area contributed by atoms with Crippen molar-refractivity contribution in [2.75, 3.05) is 13.1 Å². The smallest absolute Gasteiger partial charge is 0.0897 e. The van der Waals surface area contributed by atoms with Crippen LogP contribution in [0.2, 0.25) is 0 Å². The van der Waals surface area contributed by atoms with Crippen molar-refractivity contribution in [1.29, 1.82) is 0 Å². The van der Waals surface area contributed by atoms with E-state index in [1.54, 1.807) is 11.3 Å². The first-order valence-electron chi connectivity index (χ1n) is 7.78. The fourth-order valence-corrected chi connectivity index (χ4v) is 3.54. The van der Waals surface area contributed by atoms with Gasteiger partial charge in [-0.1, -0.05) is 34.1 Å². The van der Waals surface area contributed by atoms with E-state index in [1.165, 1.54) is 23.5 Å². The Kier molecular flexibility index (Phi) is 5.21. The lowest BCUT2D eigenvalue weighted by molar-refractivity contribution is 0.0739. The van der Waals surface area contributed by atoms with Crippen LogP contribution in [0.1, 0.15) is 51.2 Å². The molecule has 0 spiro atoms. The van der Waals surface area contributed by atoms with Gasteiger partial charge in [-0.25, -0.2) is 4.98 Å². The molecule has 0 radical (unpaired) electrons. The molecule has 1 aliphatic heterocycles. The van der Waals surface area contributed by atoms with Gasteiger partial charge in [0.25, 0.3) is 0 Å². The Labute approximate surface area is 127 Å². The molecular formula is C16H29N3S. The molecule has 2 unspecified atom stereocenters. The summed E-state index contributed by atoms with van der Waals surface area (Å²) in [5, 5.41) is 7.15. The first-order valence-corrected chi connectivity index (χ1v) is 8.66. The van der Waals surface area contributed by atoms with Crippen LogP contribution in [0.15, 0.2) is 5.38 Å². The van der Waals surface area contributed by atoms with Crippen molar-refractivity contribution in [3.05, 3.63) is 16.1 Å². The quantitative estimate of drug-likeness (QED) is 0.922. The maximum atomic E-state index is 4.64. The summed E-state index contributed by atoms with van der Waals surface area (Å²) < 4.78 is 0. The monoisotopic (exact) mass is 295 g/mol. The lowest BCUT2D eigenvalue weighted by Gasteiger charge is -2.45. The van der Waals surface area contributed by atoms with Gasteiger partial charge in [-0.05, 0) is 18.8 Å². The van der Waals surface area contributed by atoms with Crippen molar-refractivity contribution in [2.24, 2.45) is 5.41 Å². The number of nitrogens with one attached hydrogen (secondary N) is 1. The standard InChI is InChI=1S/C16H29N3S/c1-6-7-14-8-17-15(16(3,4)5)10-19(14)9-13-11-20-12(2)18-13/h11,14-15,17H,6-10H2,1-5H3. The number of hydrogen-bond donors (Lipinski definition) is 1. The molecule has 114 valence electrons. The van der Waals surface area contributed by atoms with E-state index in [9.17, 15) is 0 Å². The number of aromatic nitrogens is 1. The zero-order chi connectivity index (χ0) is 14.8. The highest BCUT2D eigenvalue weighted by molar-refractivity contribution is 7.09. The van der Waals surface area contributed by atoms with Crippen LogP contribution in [0.25, 0.3) is 0 Å². The average Bonchev–Trinajstić information content (AvgIpc) is 2.76. The number of rotatable bonds is 4. The number of piperazine rings is 1. The van der Waals surface area contributed by atoms with E-state index in [4.69, 9.17) is 0 Å². The van der Waals surface area contributed by atoms with E-state index in [1.807, 2.05) is 0 Å². The van der Waals surface area contributed by atoms with Crippen LogP contribution < -0.4 is 5.32 Å². The molecule has 0 aromatic carbocycles. The second kappa shape index (κ2) is 6.54. The normalized spacial score (nSPS) is 25.1. The van der Waals surface area contributed by atoms with E-state index in [0.29, 0.717) is 17.5 Å². The molecule has 0 aliphatic carbocycles. The zero-order valence-corrected chi connectivity index (χ0v) is 14.4. The third kappa shape index (κ3) is 4.03. The van der Waals surface area contributed by atoms with E-state index in [2.05, 4.69) is 55.2 Å².